The topological polar surface area (TPSA) is 63.5 Å². The number of benzene rings is 1. The molecule has 0 unspecified atom stereocenters. The van der Waals surface area contributed by atoms with Crippen LogP contribution in [0.5, 0.6) is 5.75 Å². The first-order valence-electron chi connectivity index (χ1n) is 9.54. The van der Waals surface area contributed by atoms with Crippen molar-refractivity contribution in [1.82, 2.24) is 24.8 Å². The van der Waals surface area contributed by atoms with E-state index in [9.17, 15) is 9.18 Å². The predicted octanol–water partition coefficient (Wildman–Crippen LogP) is 2.95. The fourth-order valence-electron chi connectivity index (χ4n) is 3.58. The lowest BCUT2D eigenvalue weighted by Crippen LogP contribution is -2.56. The van der Waals surface area contributed by atoms with Crippen LogP contribution < -0.4 is 4.74 Å². The van der Waals surface area contributed by atoms with Crippen LogP contribution in [0.15, 0.2) is 24.4 Å². The third kappa shape index (κ3) is 3.61. The maximum atomic E-state index is 14.1. The number of urea groups is 1. The summed E-state index contributed by atoms with van der Waals surface area (Å²) in [7, 11) is 0. The number of halogens is 1. The maximum Gasteiger partial charge on any atom is 0.320 e. The zero-order chi connectivity index (χ0) is 18.8. The van der Waals surface area contributed by atoms with Gasteiger partial charge in [-0.25, -0.2) is 13.9 Å². The van der Waals surface area contributed by atoms with Gasteiger partial charge >= 0.3 is 6.03 Å². The molecule has 2 aromatic rings. The minimum atomic E-state index is -0.411. The highest BCUT2D eigenvalue weighted by Gasteiger charge is 2.35. The van der Waals surface area contributed by atoms with Gasteiger partial charge in [-0.1, -0.05) is 5.21 Å². The number of ether oxygens (including phenoxy) is 1. The summed E-state index contributed by atoms with van der Waals surface area (Å²) in [4.78, 5) is 16.3. The van der Waals surface area contributed by atoms with Gasteiger partial charge in [0.15, 0.2) is 11.6 Å². The van der Waals surface area contributed by atoms with Crippen molar-refractivity contribution in [1.29, 1.82) is 0 Å². The number of amides is 2. The number of nitrogens with zero attached hydrogens (tertiary/aromatic N) is 5. The van der Waals surface area contributed by atoms with Crippen LogP contribution in [0.25, 0.3) is 11.3 Å². The molecule has 0 bridgehead atoms. The van der Waals surface area contributed by atoms with Crippen molar-refractivity contribution in [3.63, 3.8) is 0 Å². The standard InChI is InChI=1S/C19H24FN5O2/c1-2-27-18-7-6-14(10-16(18)20)17-13-25(22-21-17)15-11-24(12-15)19(26)23-8-4-3-5-9-23/h6-7,10,13,15H,2-5,8-9,11-12H2,1H3. The Hall–Kier alpha value is -2.64. The number of aromatic nitrogens is 3. The highest BCUT2D eigenvalue weighted by atomic mass is 19.1. The van der Waals surface area contributed by atoms with E-state index in [2.05, 4.69) is 10.3 Å². The molecule has 0 N–H and O–H groups in total. The Labute approximate surface area is 157 Å². The van der Waals surface area contributed by atoms with Gasteiger partial charge in [-0.15, -0.1) is 5.10 Å². The van der Waals surface area contributed by atoms with Gasteiger partial charge < -0.3 is 14.5 Å². The number of hydrogen-bond acceptors (Lipinski definition) is 4. The number of carbonyl (C=O) groups is 1. The molecule has 144 valence electrons. The maximum absolute atomic E-state index is 14.1. The van der Waals surface area contributed by atoms with Crippen LogP contribution in [0.2, 0.25) is 0 Å². The normalized spacial score (nSPS) is 17.7. The minimum Gasteiger partial charge on any atom is -0.491 e. The van der Waals surface area contributed by atoms with E-state index in [4.69, 9.17) is 4.74 Å². The summed E-state index contributed by atoms with van der Waals surface area (Å²) in [5.74, 6) is -0.176. The summed E-state index contributed by atoms with van der Waals surface area (Å²) in [5, 5.41) is 8.33. The molecular weight excluding hydrogens is 349 g/mol. The highest BCUT2D eigenvalue weighted by Crippen LogP contribution is 2.27. The van der Waals surface area contributed by atoms with E-state index >= 15 is 0 Å². The lowest BCUT2D eigenvalue weighted by Gasteiger charge is -2.42. The minimum absolute atomic E-state index is 0.118. The molecule has 2 saturated heterocycles. The molecule has 2 aliphatic rings. The average Bonchev–Trinajstić information content (AvgIpc) is 3.12. The third-order valence-electron chi connectivity index (χ3n) is 5.17. The first-order valence-corrected chi connectivity index (χ1v) is 9.54. The van der Waals surface area contributed by atoms with Crippen molar-refractivity contribution in [2.24, 2.45) is 0 Å². The second-order valence-electron chi connectivity index (χ2n) is 7.05. The van der Waals surface area contributed by atoms with Crippen LogP contribution in [-0.2, 0) is 0 Å². The van der Waals surface area contributed by atoms with Gasteiger partial charge in [0.25, 0.3) is 0 Å². The SMILES string of the molecule is CCOc1ccc(-c2cn(C3CN(C(=O)N4CCCCC4)C3)nn2)cc1F. The first-order chi connectivity index (χ1) is 13.2. The van der Waals surface area contributed by atoms with E-state index in [1.165, 1.54) is 12.5 Å². The van der Waals surface area contributed by atoms with E-state index in [1.807, 2.05) is 22.9 Å². The highest BCUT2D eigenvalue weighted by molar-refractivity contribution is 5.75. The fraction of sp³-hybridized carbons (Fsp3) is 0.526. The number of hydrogen-bond donors (Lipinski definition) is 0. The molecule has 2 fully saturated rings. The van der Waals surface area contributed by atoms with E-state index in [0.29, 0.717) is 31.0 Å². The van der Waals surface area contributed by atoms with Gasteiger partial charge in [0, 0.05) is 31.7 Å². The van der Waals surface area contributed by atoms with Crippen LogP contribution in [-0.4, -0.2) is 63.6 Å². The van der Waals surface area contributed by atoms with E-state index in [1.54, 1.807) is 16.8 Å². The lowest BCUT2D eigenvalue weighted by atomic mass is 10.1. The number of piperidine rings is 1. The summed E-state index contributed by atoms with van der Waals surface area (Å²) in [6.45, 7) is 5.22. The molecule has 4 rings (SSSR count). The van der Waals surface area contributed by atoms with Crippen LogP contribution >= 0.6 is 0 Å². The number of likely N-dealkylation sites (tertiary alicyclic amines) is 2. The zero-order valence-electron chi connectivity index (χ0n) is 15.5. The Morgan fingerprint density at radius 3 is 2.70 bits per heavy atom. The Bertz CT molecular complexity index is 812. The molecule has 1 aromatic carbocycles. The van der Waals surface area contributed by atoms with Crippen molar-refractivity contribution >= 4 is 6.03 Å². The molecule has 0 saturated carbocycles. The summed E-state index contributed by atoms with van der Waals surface area (Å²) >= 11 is 0. The number of rotatable bonds is 4. The van der Waals surface area contributed by atoms with E-state index in [0.717, 1.165) is 25.9 Å². The van der Waals surface area contributed by atoms with Crippen LogP contribution in [0.1, 0.15) is 32.2 Å². The monoisotopic (exact) mass is 373 g/mol. The van der Waals surface area contributed by atoms with Gasteiger partial charge in [0.1, 0.15) is 5.69 Å². The van der Waals surface area contributed by atoms with Crippen LogP contribution in [0.3, 0.4) is 0 Å². The van der Waals surface area contributed by atoms with Gasteiger partial charge in [-0.3, -0.25) is 0 Å². The second kappa shape index (κ2) is 7.54. The van der Waals surface area contributed by atoms with E-state index in [-0.39, 0.29) is 17.8 Å². The molecule has 0 spiro atoms. The first kappa shape index (κ1) is 17.8. The molecule has 0 radical (unpaired) electrons. The summed E-state index contributed by atoms with van der Waals surface area (Å²) in [6.07, 6.45) is 5.20. The molecule has 0 aliphatic carbocycles. The van der Waals surface area contributed by atoms with Crippen molar-refractivity contribution in [2.75, 3.05) is 32.8 Å². The molecule has 0 atom stereocenters. The van der Waals surface area contributed by atoms with Gasteiger partial charge in [0.2, 0.25) is 0 Å². The molecule has 2 amide bonds. The average molecular weight is 373 g/mol. The van der Waals surface area contributed by atoms with Gasteiger partial charge in [-0.05, 0) is 44.4 Å². The summed E-state index contributed by atoms with van der Waals surface area (Å²) < 4.78 is 21.0. The van der Waals surface area contributed by atoms with Crippen LogP contribution in [0.4, 0.5) is 9.18 Å². The van der Waals surface area contributed by atoms with Crippen LogP contribution in [0, 0.1) is 5.82 Å². The number of carbonyl (C=O) groups excluding carboxylic acids is 1. The largest absolute Gasteiger partial charge is 0.491 e. The molecule has 27 heavy (non-hydrogen) atoms. The van der Waals surface area contributed by atoms with Crippen molar-refractivity contribution in [3.05, 3.63) is 30.2 Å². The molecule has 1 aromatic heterocycles. The fourth-order valence-corrected chi connectivity index (χ4v) is 3.58. The Morgan fingerprint density at radius 1 is 1.22 bits per heavy atom. The Balaban J connectivity index is 1.38. The van der Waals surface area contributed by atoms with Gasteiger partial charge in [0.05, 0.1) is 18.8 Å². The third-order valence-corrected chi connectivity index (χ3v) is 5.17. The van der Waals surface area contributed by atoms with Gasteiger partial charge in [-0.2, -0.15) is 0 Å². The zero-order valence-corrected chi connectivity index (χ0v) is 15.5. The lowest BCUT2D eigenvalue weighted by molar-refractivity contribution is 0.0839. The molecule has 8 heteroatoms. The molecule has 2 aliphatic heterocycles. The Morgan fingerprint density at radius 2 is 2.00 bits per heavy atom. The smallest absolute Gasteiger partial charge is 0.320 e. The predicted molar refractivity (Wildman–Crippen MR) is 98.0 cm³/mol. The van der Waals surface area contributed by atoms with E-state index < -0.39 is 5.82 Å². The quantitative estimate of drug-likeness (QED) is 0.827. The molecular formula is C19H24FN5O2. The molecule has 7 nitrogen and oxygen atoms in total. The van der Waals surface area contributed by atoms with Crippen molar-refractivity contribution in [3.8, 4) is 17.0 Å². The summed E-state index contributed by atoms with van der Waals surface area (Å²) in [5.41, 5.74) is 1.26. The summed E-state index contributed by atoms with van der Waals surface area (Å²) in [6, 6.07) is 5.03. The van der Waals surface area contributed by atoms with Crippen molar-refractivity contribution in [2.45, 2.75) is 32.2 Å². The van der Waals surface area contributed by atoms with Crippen molar-refractivity contribution < 1.29 is 13.9 Å². The Kier molecular flexibility index (Phi) is 4.96. The molecule has 3 heterocycles. The second-order valence-corrected chi connectivity index (χ2v) is 7.05.